The second-order valence-corrected chi connectivity index (χ2v) is 6.41. The molecule has 3 amide bonds. The third-order valence-corrected chi connectivity index (χ3v) is 4.01. The molecule has 5 nitrogen and oxygen atoms in total. The van der Waals surface area contributed by atoms with Gasteiger partial charge in [-0.3, -0.25) is 4.79 Å². The number of carbonyl (C=O) groups excluding carboxylic acids is 2. The van der Waals surface area contributed by atoms with Gasteiger partial charge in [-0.25, -0.2) is 9.18 Å². The van der Waals surface area contributed by atoms with Crippen molar-refractivity contribution in [2.75, 3.05) is 25.0 Å². The fraction of sp³-hybridized carbons (Fsp3) is 0.500. The second kappa shape index (κ2) is 8.15. The van der Waals surface area contributed by atoms with Gasteiger partial charge < -0.3 is 15.5 Å². The Morgan fingerprint density at radius 2 is 2.09 bits per heavy atom. The summed E-state index contributed by atoms with van der Waals surface area (Å²) in [6.45, 7) is 3.47. The number of anilines is 1. The number of hydrogen-bond donors (Lipinski definition) is 2. The number of urea groups is 1. The maximum atomic E-state index is 12.8. The minimum atomic E-state index is -0.525. The number of carbonyl (C=O) groups is 2. The molecular formula is C16H21ClFN3O2. The van der Waals surface area contributed by atoms with Crippen LogP contribution in [0, 0.1) is 11.7 Å². The van der Waals surface area contributed by atoms with Crippen molar-refractivity contribution in [1.29, 1.82) is 0 Å². The molecule has 1 saturated heterocycles. The fourth-order valence-corrected chi connectivity index (χ4v) is 2.77. The molecular weight excluding hydrogens is 321 g/mol. The van der Waals surface area contributed by atoms with Gasteiger partial charge in [-0.05, 0) is 49.9 Å². The Morgan fingerprint density at radius 1 is 1.39 bits per heavy atom. The van der Waals surface area contributed by atoms with Crippen LogP contribution in [-0.2, 0) is 4.79 Å². The predicted octanol–water partition coefficient (Wildman–Crippen LogP) is 2.81. The molecule has 1 aliphatic heterocycles. The molecule has 1 aliphatic rings. The average molecular weight is 342 g/mol. The van der Waals surface area contributed by atoms with Crippen LogP contribution in [0.2, 0.25) is 0 Å². The summed E-state index contributed by atoms with van der Waals surface area (Å²) < 4.78 is 12.8. The zero-order valence-corrected chi connectivity index (χ0v) is 13.8. The molecule has 1 heterocycles. The van der Waals surface area contributed by atoms with Crippen molar-refractivity contribution >= 4 is 29.2 Å². The molecule has 2 rings (SSSR count). The normalized spacial score (nSPS) is 19.1. The van der Waals surface area contributed by atoms with Gasteiger partial charge in [-0.1, -0.05) is 0 Å². The van der Waals surface area contributed by atoms with Gasteiger partial charge in [0.1, 0.15) is 11.2 Å². The van der Waals surface area contributed by atoms with E-state index in [2.05, 4.69) is 10.6 Å². The van der Waals surface area contributed by atoms with Gasteiger partial charge in [0.2, 0.25) is 5.91 Å². The Hall–Kier alpha value is -1.82. The maximum Gasteiger partial charge on any atom is 0.319 e. The number of amides is 3. The third-order valence-electron chi connectivity index (χ3n) is 3.82. The van der Waals surface area contributed by atoms with E-state index >= 15 is 0 Å². The van der Waals surface area contributed by atoms with E-state index in [1.165, 1.54) is 24.3 Å². The van der Waals surface area contributed by atoms with Crippen LogP contribution in [0.15, 0.2) is 24.3 Å². The quantitative estimate of drug-likeness (QED) is 0.827. The van der Waals surface area contributed by atoms with Crippen molar-refractivity contribution in [2.45, 2.75) is 25.1 Å². The van der Waals surface area contributed by atoms with Crippen molar-refractivity contribution < 1.29 is 14.0 Å². The van der Waals surface area contributed by atoms with Crippen LogP contribution in [0.3, 0.4) is 0 Å². The van der Waals surface area contributed by atoms with E-state index in [0.29, 0.717) is 25.3 Å². The number of benzene rings is 1. The van der Waals surface area contributed by atoms with E-state index in [4.69, 9.17) is 11.6 Å². The van der Waals surface area contributed by atoms with E-state index in [-0.39, 0.29) is 23.7 Å². The molecule has 0 bridgehead atoms. The summed E-state index contributed by atoms with van der Waals surface area (Å²) in [7, 11) is 0. The first-order valence-electron chi connectivity index (χ1n) is 7.69. The summed E-state index contributed by atoms with van der Waals surface area (Å²) in [5.74, 6) is -0.203. The van der Waals surface area contributed by atoms with Crippen LogP contribution in [0.4, 0.5) is 14.9 Å². The van der Waals surface area contributed by atoms with Crippen LogP contribution in [0.25, 0.3) is 0 Å². The lowest BCUT2D eigenvalue weighted by molar-refractivity contribution is -0.132. The van der Waals surface area contributed by atoms with Crippen LogP contribution in [-0.4, -0.2) is 41.8 Å². The molecule has 0 saturated carbocycles. The number of nitrogens with zero attached hydrogens (tertiary/aromatic N) is 1. The van der Waals surface area contributed by atoms with Gasteiger partial charge in [-0.15, -0.1) is 11.6 Å². The summed E-state index contributed by atoms with van der Waals surface area (Å²) in [6.07, 6.45) is 1.86. The highest BCUT2D eigenvalue weighted by Gasteiger charge is 2.26. The van der Waals surface area contributed by atoms with Crippen LogP contribution < -0.4 is 10.6 Å². The Balaban J connectivity index is 1.77. The molecule has 1 fully saturated rings. The summed E-state index contributed by atoms with van der Waals surface area (Å²) in [6, 6.07) is 5.22. The summed E-state index contributed by atoms with van der Waals surface area (Å²) >= 11 is 5.84. The highest BCUT2D eigenvalue weighted by molar-refractivity contribution is 6.30. The van der Waals surface area contributed by atoms with Gasteiger partial charge in [0.15, 0.2) is 0 Å². The van der Waals surface area contributed by atoms with E-state index in [1.54, 1.807) is 11.8 Å². The van der Waals surface area contributed by atoms with Gasteiger partial charge in [0.25, 0.3) is 0 Å². The fourth-order valence-electron chi connectivity index (χ4n) is 2.63. The molecule has 0 aliphatic carbocycles. The minimum absolute atomic E-state index is 0.0628. The molecule has 0 spiro atoms. The van der Waals surface area contributed by atoms with E-state index < -0.39 is 5.38 Å². The number of nitrogens with one attached hydrogen (secondary N) is 2. The van der Waals surface area contributed by atoms with E-state index in [1.807, 2.05) is 0 Å². The highest BCUT2D eigenvalue weighted by atomic mass is 35.5. The number of hydrogen-bond acceptors (Lipinski definition) is 2. The first-order valence-corrected chi connectivity index (χ1v) is 8.12. The molecule has 2 atom stereocenters. The van der Waals surface area contributed by atoms with Crippen LogP contribution in [0.5, 0.6) is 0 Å². The average Bonchev–Trinajstić information content (AvgIpc) is 2.54. The van der Waals surface area contributed by atoms with Crippen molar-refractivity contribution in [2.24, 2.45) is 5.92 Å². The van der Waals surface area contributed by atoms with Crippen molar-refractivity contribution in [3.63, 3.8) is 0 Å². The van der Waals surface area contributed by atoms with Gasteiger partial charge in [0.05, 0.1) is 0 Å². The molecule has 7 heteroatoms. The number of likely N-dealkylation sites (tertiary alicyclic amines) is 1. The van der Waals surface area contributed by atoms with E-state index in [0.717, 1.165) is 12.8 Å². The zero-order chi connectivity index (χ0) is 16.8. The third kappa shape index (κ3) is 5.39. The van der Waals surface area contributed by atoms with Crippen molar-refractivity contribution in [3.8, 4) is 0 Å². The Morgan fingerprint density at radius 3 is 2.74 bits per heavy atom. The monoisotopic (exact) mass is 341 g/mol. The SMILES string of the molecule is CC(Cl)C(=O)N1CCCC(CNC(=O)Nc2ccc(F)cc2)C1. The lowest BCUT2D eigenvalue weighted by Crippen LogP contribution is -2.46. The first kappa shape index (κ1) is 17.5. The highest BCUT2D eigenvalue weighted by Crippen LogP contribution is 2.17. The largest absolute Gasteiger partial charge is 0.341 e. The van der Waals surface area contributed by atoms with Crippen molar-refractivity contribution in [1.82, 2.24) is 10.2 Å². The molecule has 2 N–H and O–H groups in total. The molecule has 0 radical (unpaired) electrons. The molecule has 1 aromatic rings. The summed E-state index contributed by atoms with van der Waals surface area (Å²) in [5, 5.41) is 4.91. The molecule has 1 aromatic carbocycles. The van der Waals surface area contributed by atoms with Crippen LogP contribution >= 0.6 is 11.6 Å². The standard InChI is InChI=1S/C16H21ClFN3O2/c1-11(17)15(22)21-8-2-3-12(10-21)9-19-16(23)20-14-6-4-13(18)5-7-14/h4-7,11-12H,2-3,8-10H2,1H3,(H2,19,20,23). The lowest BCUT2D eigenvalue weighted by Gasteiger charge is -2.33. The Labute approximate surface area is 140 Å². The first-order chi connectivity index (χ1) is 11.0. The van der Waals surface area contributed by atoms with Crippen molar-refractivity contribution in [3.05, 3.63) is 30.1 Å². The minimum Gasteiger partial charge on any atom is -0.341 e. The number of rotatable bonds is 4. The maximum absolute atomic E-state index is 12.8. The molecule has 23 heavy (non-hydrogen) atoms. The topological polar surface area (TPSA) is 61.4 Å². The number of halogens is 2. The van der Waals surface area contributed by atoms with E-state index in [9.17, 15) is 14.0 Å². The molecule has 0 aromatic heterocycles. The molecule has 126 valence electrons. The summed E-state index contributed by atoms with van der Waals surface area (Å²) in [4.78, 5) is 25.5. The number of alkyl halides is 1. The second-order valence-electron chi connectivity index (χ2n) is 5.75. The molecule has 2 unspecified atom stereocenters. The van der Waals surface area contributed by atoms with Gasteiger partial charge in [-0.2, -0.15) is 0 Å². The zero-order valence-electron chi connectivity index (χ0n) is 13.0. The smallest absolute Gasteiger partial charge is 0.319 e. The Kier molecular flexibility index (Phi) is 6.21. The van der Waals surface area contributed by atoms with Gasteiger partial charge >= 0.3 is 6.03 Å². The predicted molar refractivity (Wildman–Crippen MR) is 88.0 cm³/mol. The lowest BCUT2D eigenvalue weighted by atomic mass is 9.98. The Bertz CT molecular complexity index is 551. The van der Waals surface area contributed by atoms with Crippen LogP contribution in [0.1, 0.15) is 19.8 Å². The number of piperidine rings is 1. The summed E-state index contributed by atoms with van der Waals surface area (Å²) in [5.41, 5.74) is 0.528. The van der Waals surface area contributed by atoms with Gasteiger partial charge in [0, 0.05) is 25.3 Å².